The van der Waals surface area contributed by atoms with Crippen LogP contribution < -0.4 is 0 Å². The van der Waals surface area contributed by atoms with E-state index >= 15 is 0 Å². The molecule has 4 aromatic carbocycles. The summed E-state index contributed by atoms with van der Waals surface area (Å²) in [5.41, 5.74) is 6.45. The van der Waals surface area contributed by atoms with Crippen LogP contribution in [0.2, 0.25) is 0 Å². The average molecular weight is 377 g/mol. The van der Waals surface area contributed by atoms with Crippen molar-refractivity contribution < 1.29 is 5.11 Å². The van der Waals surface area contributed by atoms with E-state index < -0.39 is 5.60 Å². The van der Waals surface area contributed by atoms with E-state index in [0.717, 1.165) is 44.3 Å². The lowest BCUT2D eigenvalue weighted by atomic mass is 9.80. The van der Waals surface area contributed by atoms with Crippen molar-refractivity contribution in [2.75, 3.05) is 0 Å². The molecule has 0 saturated heterocycles. The monoisotopic (exact) mass is 377 g/mol. The highest BCUT2D eigenvalue weighted by atomic mass is 16.3. The first-order chi connectivity index (χ1) is 14.0. The van der Waals surface area contributed by atoms with Gasteiger partial charge in [0.05, 0.1) is 11.4 Å². The molecule has 0 saturated carbocycles. The number of benzene rings is 4. The second kappa shape index (κ2) is 6.40. The molecule has 0 fully saturated rings. The van der Waals surface area contributed by atoms with Crippen LogP contribution in [0.15, 0.2) is 83.9 Å². The minimum Gasteiger partial charge on any atom is -0.374 e. The summed E-state index contributed by atoms with van der Waals surface area (Å²) in [4.78, 5) is 5.00. The number of para-hydroxylation sites is 1. The van der Waals surface area contributed by atoms with Gasteiger partial charge in [0.25, 0.3) is 0 Å². The summed E-state index contributed by atoms with van der Waals surface area (Å²) >= 11 is 0. The zero-order chi connectivity index (χ0) is 20.2. The Kier molecular flexibility index (Phi) is 3.94. The molecule has 0 bridgehead atoms. The molecule has 0 spiro atoms. The van der Waals surface area contributed by atoms with E-state index in [1.165, 1.54) is 5.56 Å². The largest absolute Gasteiger partial charge is 0.374 e. The van der Waals surface area contributed by atoms with Gasteiger partial charge in [0.1, 0.15) is 0 Å². The number of hydrogen-bond acceptors (Lipinski definition) is 2. The number of aryl methyl sites for hydroxylation is 3. The molecule has 1 atom stereocenters. The maximum absolute atomic E-state index is 12.4. The van der Waals surface area contributed by atoms with Crippen LogP contribution in [0.5, 0.6) is 0 Å². The maximum atomic E-state index is 12.4. The van der Waals surface area contributed by atoms with Crippen LogP contribution in [0, 0.1) is 20.8 Å². The molecule has 142 valence electrons. The van der Waals surface area contributed by atoms with Crippen LogP contribution in [0.25, 0.3) is 10.8 Å². The van der Waals surface area contributed by atoms with Crippen molar-refractivity contribution in [1.29, 1.82) is 0 Å². The third kappa shape index (κ3) is 2.56. The minimum absolute atomic E-state index is 0.700. The summed E-state index contributed by atoms with van der Waals surface area (Å²) in [5, 5.41) is 14.7. The van der Waals surface area contributed by atoms with Gasteiger partial charge in [-0.2, -0.15) is 0 Å². The van der Waals surface area contributed by atoms with Crippen LogP contribution in [0.4, 0.5) is 5.69 Å². The highest BCUT2D eigenvalue weighted by Crippen LogP contribution is 2.48. The first-order valence-corrected chi connectivity index (χ1v) is 9.97. The van der Waals surface area contributed by atoms with E-state index in [4.69, 9.17) is 4.99 Å². The predicted octanol–water partition coefficient (Wildman–Crippen LogP) is 6.14. The van der Waals surface area contributed by atoms with Crippen LogP contribution >= 0.6 is 0 Å². The van der Waals surface area contributed by atoms with E-state index in [2.05, 4.69) is 51.1 Å². The summed E-state index contributed by atoms with van der Waals surface area (Å²) in [6.07, 6.45) is 0. The van der Waals surface area contributed by atoms with Crippen molar-refractivity contribution >= 4 is 22.2 Å². The van der Waals surface area contributed by atoms with Gasteiger partial charge < -0.3 is 5.11 Å². The zero-order valence-corrected chi connectivity index (χ0v) is 16.9. The molecule has 0 aromatic heterocycles. The van der Waals surface area contributed by atoms with E-state index in [0.29, 0.717) is 5.71 Å². The lowest BCUT2D eigenvalue weighted by molar-refractivity contribution is 0.159. The number of nitrogens with zero attached hydrogens (tertiary/aromatic N) is 1. The second-order valence-electron chi connectivity index (χ2n) is 7.99. The van der Waals surface area contributed by atoms with Gasteiger partial charge in [-0.1, -0.05) is 72.3 Å². The number of aliphatic imine (C=N–C) groups is 1. The molecular formula is C27H23NO. The Morgan fingerprint density at radius 1 is 0.759 bits per heavy atom. The maximum Gasteiger partial charge on any atom is 0.159 e. The molecule has 5 rings (SSSR count). The summed E-state index contributed by atoms with van der Waals surface area (Å²) < 4.78 is 0. The lowest BCUT2D eigenvalue weighted by Gasteiger charge is -2.30. The van der Waals surface area contributed by atoms with Gasteiger partial charge in [0.2, 0.25) is 0 Å². The summed E-state index contributed by atoms with van der Waals surface area (Å²) in [7, 11) is 0. The van der Waals surface area contributed by atoms with Crippen LogP contribution in [-0.4, -0.2) is 10.8 Å². The lowest BCUT2D eigenvalue weighted by Crippen LogP contribution is -2.35. The van der Waals surface area contributed by atoms with E-state index in [-0.39, 0.29) is 0 Å². The Balaban J connectivity index is 1.91. The SMILES string of the molecule is Cc1cc(C)c(C2(O)/C(=N/c3ccccc3)c3cccc4cccc2c34)c(C)c1. The standard InChI is InChI=1S/C27H23NO/c1-17-15-18(2)25(19(3)16-17)27(29)23-14-8-10-20-9-7-13-22(24(20)23)26(27)28-21-11-5-4-6-12-21/h4-16,29H,1-3H3/b28-26+. The Morgan fingerprint density at radius 3 is 2.10 bits per heavy atom. The van der Waals surface area contributed by atoms with Crippen molar-refractivity contribution in [3.63, 3.8) is 0 Å². The minimum atomic E-state index is -1.29. The molecule has 2 heteroatoms. The average Bonchev–Trinajstić information content (AvgIpc) is 2.93. The molecule has 0 heterocycles. The molecule has 29 heavy (non-hydrogen) atoms. The molecule has 1 unspecified atom stereocenters. The van der Waals surface area contributed by atoms with Gasteiger partial charge in [0.15, 0.2) is 5.60 Å². The molecule has 0 amide bonds. The number of hydrogen-bond donors (Lipinski definition) is 1. The molecule has 1 N–H and O–H groups in total. The molecule has 1 aliphatic rings. The Hall–Kier alpha value is -3.23. The predicted molar refractivity (Wildman–Crippen MR) is 120 cm³/mol. The van der Waals surface area contributed by atoms with Crippen molar-refractivity contribution in [1.82, 2.24) is 0 Å². The second-order valence-corrected chi connectivity index (χ2v) is 7.99. The number of rotatable bonds is 2. The molecule has 0 aliphatic heterocycles. The Labute approximate surface area is 171 Å². The zero-order valence-electron chi connectivity index (χ0n) is 16.9. The first kappa shape index (κ1) is 17.8. The van der Waals surface area contributed by atoms with Gasteiger partial charge in [-0.05, 0) is 54.8 Å². The highest BCUT2D eigenvalue weighted by molar-refractivity contribution is 6.24. The van der Waals surface area contributed by atoms with Crippen LogP contribution in [-0.2, 0) is 5.60 Å². The van der Waals surface area contributed by atoms with Gasteiger partial charge in [0, 0.05) is 16.7 Å². The fourth-order valence-corrected chi connectivity index (χ4v) is 4.94. The first-order valence-electron chi connectivity index (χ1n) is 9.97. The molecular weight excluding hydrogens is 354 g/mol. The van der Waals surface area contributed by atoms with Gasteiger partial charge in [-0.3, -0.25) is 0 Å². The molecule has 0 radical (unpaired) electrons. The van der Waals surface area contributed by atoms with Gasteiger partial charge in [-0.15, -0.1) is 0 Å². The summed E-state index contributed by atoms with van der Waals surface area (Å²) in [6, 6.07) is 26.6. The third-order valence-electron chi connectivity index (χ3n) is 5.93. The van der Waals surface area contributed by atoms with Gasteiger partial charge >= 0.3 is 0 Å². The smallest absolute Gasteiger partial charge is 0.159 e. The van der Waals surface area contributed by atoms with Crippen LogP contribution in [0.1, 0.15) is 33.4 Å². The van der Waals surface area contributed by atoms with Gasteiger partial charge in [-0.25, -0.2) is 4.99 Å². The van der Waals surface area contributed by atoms with Crippen molar-refractivity contribution in [2.24, 2.45) is 4.99 Å². The topological polar surface area (TPSA) is 32.6 Å². The quantitative estimate of drug-likeness (QED) is 0.447. The van der Waals surface area contributed by atoms with E-state index in [9.17, 15) is 5.11 Å². The van der Waals surface area contributed by atoms with E-state index in [1.54, 1.807) is 0 Å². The normalized spacial score (nSPS) is 19.2. The fourth-order valence-electron chi connectivity index (χ4n) is 4.94. The van der Waals surface area contributed by atoms with Crippen molar-refractivity contribution in [3.05, 3.63) is 112 Å². The fraction of sp³-hybridized carbons (Fsp3) is 0.148. The van der Waals surface area contributed by atoms with E-state index in [1.807, 2.05) is 48.5 Å². The van der Waals surface area contributed by atoms with Crippen molar-refractivity contribution in [2.45, 2.75) is 26.4 Å². The third-order valence-corrected chi connectivity index (χ3v) is 5.93. The molecule has 2 nitrogen and oxygen atoms in total. The molecule has 4 aromatic rings. The highest BCUT2D eigenvalue weighted by Gasteiger charge is 2.47. The van der Waals surface area contributed by atoms with Crippen LogP contribution in [0.3, 0.4) is 0 Å². The Morgan fingerprint density at radius 2 is 1.41 bits per heavy atom. The Bertz CT molecular complexity index is 1260. The summed E-state index contributed by atoms with van der Waals surface area (Å²) in [6.45, 7) is 6.25. The molecule has 1 aliphatic carbocycles. The summed E-state index contributed by atoms with van der Waals surface area (Å²) in [5.74, 6) is 0. The van der Waals surface area contributed by atoms with Crippen molar-refractivity contribution in [3.8, 4) is 0 Å². The number of aliphatic hydroxyl groups is 1.